The van der Waals surface area contributed by atoms with Gasteiger partial charge in [0.2, 0.25) is 11.6 Å². The highest BCUT2D eigenvalue weighted by Crippen LogP contribution is 2.26. The van der Waals surface area contributed by atoms with Crippen LogP contribution in [-0.4, -0.2) is 43.5 Å². The van der Waals surface area contributed by atoms with Crippen LogP contribution in [0.15, 0.2) is 63.2 Å². The fourth-order valence-corrected chi connectivity index (χ4v) is 3.92. The molecule has 0 aliphatic heterocycles. The first-order valence-electron chi connectivity index (χ1n) is 10.7. The highest BCUT2D eigenvalue weighted by molar-refractivity contribution is 7.98. The molecule has 2 aromatic heterocycles. The molecule has 0 fully saturated rings. The molecule has 0 saturated carbocycles. The molecule has 11 nitrogen and oxygen atoms in total. The zero-order chi connectivity index (χ0) is 24.8. The Kier molecular flexibility index (Phi) is 7.41. The van der Waals surface area contributed by atoms with Gasteiger partial charge in [-0.2, -0.15) is 9.78 Å². The van der Waals surface area contributed by atoms with Crippen molar-refractivity contribution in [1.29, 1.82) is 0 Å². The molecule has 1 amide bonds. The molecule has 0 aliphatic rings. The molecule has 180 valence electrons. The topological polar surface area (TPSA) is 146 Å². The van der Waals surface area contributed by atoms with Gasteiger partial charge in [-0.15, -0.1) is 16.9 Å². The van der Waals surface area contributed by atoms with E-state index >= 15 is 0 Å². The van der Waals surface area contributed by atoms with Gasteiger partial charge >= 0.3 is 0 Å². The monoisotopic (exact) mass is 492 g/mol. The third-order valence-corrected chi connectivity index (χ3v) is 5.73. The lowest BCUT2D eigenvalue weighted by Crippen LogP contribution is -2.20. The molecule has 4 aromatic rings. The number of carbonyl (C=O) groups excluding carboxylic acids is 1. The minimum atomic E-state index is -0.526. The van der Waals surface area contributed by atoms with Crippen molar-refractivity contribution in [3.8, 4) is 11.6 Å². The summed E-state index contributed by atoms with van der Waals surface area (Å²) in [6, 6.07) is 15.4. The van der Waals surface area contributed by atoms with Crippen LogP contribution in [0.2, 0.25) is 0 Å². The van der Waals surface area contributed by atoms with Crippen LogP contribution in [-0.2, 0) is 5.75 Å². The predicted octanol–water partition coefficient (Wildman–Crippen LogP) is 3.38. The summed E-state index contributed by atoms with van der Waals surface area (Å²) in [6.07, 6.45) is 1.62. The zero-order valence-electron chi connectivity index (χ0n) is 19.4. The van der Waals surface area contributed by atoms with Crippen molar-refractivity contribution in [3.05, 3.63) is 71.0 Å². The molecule has 0 aliphatic carbocycles. The van der Waals surface area contributed by atoms with Crippen molar-refractivity contribution in [2.45, 2.75) is 37.5 Å². The maximum absolute atomic E-state index is 12.9. The summed E-state index contributed by atoms with van der Waals surface area (Å²) in [7, 11) is 0. The molecule has 35 heavy (non-hydrogen) atoms. The average Bonchev–Trinajstić information content (AvgIpc) is 3.45. The Bertz CT molecular complexity index is 1310. The number of aromatic nitrogens is 5. The number of nitrogens with two attached hydrogens (primary N) is 1. The number of carbonyl (C=O) groups is 1. The number of benzene rings is 2. The molecular weight excluding hydrogens is 468 g/mol. The van der Waals surface area contributed by atoms with E-state index in [-0.39, 0.29) is 23.4 Å². The predicted molar refractivity (Wildman–Crippen MR) is 132 cm³/mol. The number of nitrogens with zero attached hydrogens (tertiary/aromatic N) is 6. The number of hydrogen-bond acceptors (Lipinski definition) is 10. The molecule has 0 atom stereocenters. The SMILES string of the molecule is Cc1ccc(SCc2c(C(=O)N/N=C\c3ccc(OC(C)C)cc3)nnn2-c2nonc2N)cc1. The number of hydrazone groups is 1. The smallest absolute Gasteiger partial charge is 0.293 e. The van der Waals surface area contributed by atoms with Crippen LogP contribution in [0, 0.1) is 6.92 Å². The van der Waals surface area contributed by atoms with Gasteiger partial charge in [-0.25, -0.2) is 10.1 Å². The van der Waals surface area contributed by atoms with Crippen LogP contribution >= 0.6 is 11.8 Å². The Labute approximate surface area is 205 Å². The van der Waals surface area contributed by atoms with E-state index in [1.165, 1.54) is 22.7 Å². The molecule has 3 N–H and O–H groups in total. The van der Waals surface area contributed by atoms with Gasteiger partial charge in [0.15, 0.2) is 5.69 Å². The normalized spacial score (nSPS) is 11.3. The number of thioether (sulfide) groups is 1. The number of aryl methyl sites for hydroxylation is 1. The average molecular weight is 493 g/mol. The van der Waals surface area contributed by atoms with Crippen molar-refractivity contribution >= 4 is 29.7 Å². The largest absolute Gasteiger partial charge is 0.491 e. The van der Waals surface area contributed by atoms with Crippen LogP contribution in [0.3, 0.4) is 0 Å². The van der Waals surface area contributed by atoms with Gasteiger partial charge in [-0.1, -0.05) is 22.9 Å². The van der Waals surface area contributed by atoms with Gasteiger partial charge in [0.1, 0.15) is 5.75 Å². The van der Waals surface area contributed by atoms with E-state index in [0.29, 0.717) is 11.4 Å². The molecule has 2 heterocycles. The van der Waals surface area contributed by atoms with Gasteiger partial charge in [0.05, 0.1) is 18.0 Å². The number of rotatable bonds is 9. The van der Waals surface area contributed by atoms with E-state index in [1.807, 2.05) is 69.3 Å². The second kappa shape index (κ2) is 10.8. The number of ether oxygens (including phenoxy) is 1. The molecule has 0 saturated heterocycles. The van der Waals surface area contributed by atoms with E-state index in [1.54, 1.807) is 0 Å². The standard InChI is InChI=1S/C23H24N8O3S/c1-14(2)33-17-8-6-16(7-9-17)12-25-27-23(32)20-19(13-35-18-10-4-15(3)5-11-18)31(30-26-20)22-21(24)28-34-29-22/h4-12,14H,13H2,1-3H3,(H2,24,28)(H,27,32)/b25-12-. The number of hydrogen-bond donors (Lipinski definition) is 2. The van der Waals surface area contributed by atoms with Gasteiger partial charge in [-0.3, -0.25) is 4.79 Å². The number of amides is 1. The van der Waals surface area contributed by atoms with E-state index < -0.39 is 5.91 Å². The van der Waals surface area contributed by atoms with E-state index in [4.69, 9.17) is 15.1 Å². The van der Waals surface area contributed by atoms with Crippen molar-refractivity contribution in [2.75, 3.05) is 5.73 Å². The molecule has 0 radical (unpaired) electrons. The maximum atomic E-state index is 12.9. The van der Waals surface area contributed by atoms with Crippen LogP contribution < -0.4 is 15.9 Å². The fraction of sp³-hybridized carbons (Fsp3) is 0.217. The van der Waals surface area contributed by atoms with E-state index in [2.05, 4.69) is 31.2 Å². The highest BCUT2D eigenvalue weighted by Gasteiger charge is 2.24. The first-order valence-corrected chi connectivity index (χ1v) is 11.7. The van der Waals surface area contributed by atoms with Crippen LogP contribution in [0.4, 0.5) is 5.82 Å². The molecule has 0 bridgehead atoms. The second-order valence-electron chi connectivity index (χ2n) is 7.81. The lowest BCUT2D eigenvalue weighted by molar-refractivity contribution is 0.0949. The summed E-state index contributed by atoms with van der Waals surface area (Å²) in [5.41, 5.74) is 10.8. The van der Waals surface area contributed by atoms with Crippen molar-refractivity contribution in [2.24, 2.45) is 5.10 Å². The van der Waals surface area contributed by atoms with Crippen molar-refractivity contribution < 1.29 is 14.2 Å². The zero-order valence-corrected chi connectivity index (χ0v) is 20.2. The van der Waals surface area contributed by atoms with Crippen molar-refractivity contribution in [1.82, 2.24) is 30.7 Å². The summed E-state index contributed by atoms with van der Waals surface area (Å²) in [6.45, 7) is 5.94. The maximum Gasteiger partial charge on any atom is 0.293 e. The Morgan fingerprint density at radius 1 is 1.20 bits per heavy atom. The molecule has 2 aromatic carbocycles. The summed E-state index contributed by atoms with van der Waals surface area (Å²) in [5.74, 6) is 0.790. The minimum absolute atomic E-state index is 0.0337. The number of anilines is 1. The van der Waals surface area contributed by atoms with Gasteiger partial charge < -0.3 is 10.5 Å². The quantitative estimate of drug-likeness (QED) is 0.204. The molecule has 4 rings (SSSR count). The molecule has 0 spiro atoms. The van der Waals surface area contributed by atoms with Gasteiger partial charge in [0, 0.05) is 10.6 Å². The van der Waals surface area contributed by atoms with Gasteiger partial charge in [0.25, 0.3) is 5.91 Å². The Hall–Kier alpha value is -4.19. The third-order valence-electron chi connectivity index (χ3n) is 4.70. The summed E-state index contributed by atoms with van der Waals surface area (Å²) >= 11 is 1.51. The summed E-state index contributed by atoms with van der Waals surface area (Å²) in [5, 5.41) is 19.5. The second-order valence-corrected chi connectivity index (χ2v) is 8.85. The first-order chi connectivity index (χ1) is 16.9. The Balaban J connectivity index is 1.51. The number of nitrogens with one attached hydrogen (secondary N) is 1. The lowest BCUT2D eigenvalue weighted by Gasteiger charge is -2.09. The molecular formula is C23H24N8O3S. The van der Waals surface area contributed by atoms with Crippen molar-refractivity contribution in [3.63, 3.8) is 0 Å². The lowest BCUT2D eigenvalue weighted by atomic mass is 10.2. The molecule has 12 heteroatoms. The van der Waals surface area contributed by atoms with Crippen LogP contribution in [0.5, 0.6) is 5.75 Å². The Morgan fingerprint density at radius 2 is 1.94 bits per heavy atom. The number of nitrogen functional groups attached to an aromatic ring is 1. The summed E-state index contributed by atoms with van der Waals surface area (Å²) in [4.78, 5) is 13.9. The Morgan fingerprint density at radius 3 is 2.60 bits per heavy atom. The molecule has 0 unspecified atom stereocenters. The van der Waals surface area contributed by atoms with E-state index in [0.717, 1.165) is 21.8 Å². The summed E-state index contributed by atoms with van der Waals surface area (Å²) < 4.78 is 11.7. The van der Waals surface area contributed by atoms with Crippen LogP contribution in [0.1, 0.15) is 41.2 Å². The fourth-order valence-electron chi connectivity index (χ4n) is 3.02. The third kappa shape index (κ3) is 6.03. The highest BCUT2D eigenvalue weighted by atomic mass is 32.2. The van der Waals surface area contributed by atoms with Crippen LogP contribution in [0.25, 0.3) is 5.82 Å². The first kappa shape index (κ1) is 24.0. The van der Waals surface area contributed by atoms with E-state index in [9.17, 15) is 4.79 Å². The van der Waals surface area contributed by atoms with Gasteiger partial charge in [-0.05, 0) is 73.0 Å². The minimum Gasteiger partial charge on any atom is -0.491 e.